The summed E-state index contributed by atoms with van der Waals surface area (Å²) in [5, 5.41) is 7.67. The molecular weight excluding hydrogens is 330 g/mol. The maximum atomic E-state index is 12.9. The molecule has 0 aliphatic carbocycles. The highest BCUT2D eigenvalue weighted by Crippen LogP contribution is 2.23. The number of anilines is 1. The molecule has 3 heterocycles. The van der Waals surface area contributed by atoms with Gasteiger partial charge in [-0.1, -0.05) is 12.1 Å². The SMILES string of the molecule is CN(Cc1ccc2nonc2c1)C(=O)[C@@H]1CCCN(c2ccccn2)C1. The van der Waals surface area contributed by atoms with Gasteiger partial charge < -0.3 is 9.80 Å². The normalized spacial score (nSPS) is 17.4. The van der Waals surface area contributed by atoms with Gasteiger partial charge in [0.1, 0.15) is 16.9 Å². The largest absolute Gasteiger partial charge is 0.356 e. The second kappa shape index (κ2) is 7.11. The van der Waals surface area contributed by atoms with E-state index in [0.29, 0.717) is 18.6 Å². The maximum absolute atomic E-state index is 12.9. The Balaban J connectivity index is 1.42. The number of fused-ring (bicyclic) bond motifs is 1. The molecule has 1 aliphatic rings. The van der Waals surface area contributed by atoms with Gasteiger partial charge in [0, 0.05) is 32.9 Å². The van der Waals surface area contributed by atoms with E-state index in [1.165, 1.54) is 0 Å². The van der Waals surface area contributed by atoms with Crippen LogP contribution in [0.1, 0.15) is 18.4 Å². The Hall–Kier alpha value is -2.96. The summed E-state index contributed by atoms with van der Waals surface area (Å²) in [7, 11) is 1.85. The van der Waals surface area contributed by atoms with Crippen LogP contribution in [0.25, 0.3) is 11.0 Å². The molecule has 0 bridgehead atoms. The average molecular weight is 351 g/mol. The molecule has 1 amide bonds. The van der Waals surface area contributed by atoms with Gasteiger partial charge in [0.25, 0.3) is 0 Å². The third kappa shape index (κ3) is 3.37. The summed E-state index contributed by atoms with van der Waals surface area (Å²) in [6.45, 7) is 2.20. The highest BCUT2D eigenvalue weighted by molar-refractivity contribution is 5.80. The monoisotopic (exact) mass is 351 g/mol. The van der Waals surface area contributed by atoms with E-state index in [1.807, 2.05) is 43.4 Å². The highest BCUT2D eigenvalue weighted by Gasteiger charge is 2.28. The molecule has 26 heavy (non-hydrogen) atoms. The molecular formula is C19H21N5O2. The van der Waals surface area contributed by atoms with Gasteiger partial charge in [-0.25, -0.2) is 9.61 Å². The lowest BCUT2D eigenvalue weighted by atomic mass is 9.96. The zero-order valence-corrected chi connectivity index (χ0v) is 14.7. The van der Waals surface area contributed by atoms with E-state index in [4.69, 9.17) is 4.63 Å². The smallest absolute Gasteiger partial charge is 0.227 e. The van der Waals surface area contributed by atoms with E-state index in [-0.39, 0.29) is 11.8 Å². The van der Waals surface area contributed by atoms with Gasteiger partial charge in [0.15, 0.2) is 0 Å². The van der Waals surface area contributed by atoms with Crippen molar-refractivity contribution in [1.82, 2.24) is 20.2 Å². The fourth-order valence-electron chi connectivity index (χ4n) is 3.52. The minimum absolute atomic E-state index is 0.00629. The number of carbonyl (C=O) groups is 1. The standard InChI is InChI=1S/C19H21N5O2/c1-23(12-14-7-8-16-17(11-14)22-26-21-16)19(25)15-5-4-10-24(13-15)18-6-2-3-9-20-18/h2-3,6-9,11,15H,4-5,10,12-13H2,1H3/t15-/m1/s1. The van der Waals surface area contributed by atoms with Crippen molar-refractivity contribution in [2.24, 2.45) is 5.92 Å². The molecule has 7 heteroatoms. The third-order valence-electron chi connectivity index (χ3n) is 4.86. The van der Waals surface area contributed by atoms with Crippen LogP contribution in [0.5, 0.6) is 0 Å². The van der Waals surface area contributed by atoms with Crippen molar-refractivity contribution in [3.63, 3.8) is 0 Å². The number of rotatable bonds is 4. The Kier molecular flexibility index (Phi) is 4.51. The minimum atomic E-state index is -0.00629. The second-order valence-electron chi connectivity index (χ2n) is 6.75. The van der Waals surface area contributed by atoms with Gasteiger partial charge in [-0.05, 0) is 53.0 Å². The van der Waals surface area contributed by atoms with Crippen molar-refractivity contribution in [2.45, 2.75) is 19.4 Å². The molecule has 1 aliphatic heterocycles. The molecule has 2 aromatic heterocycles. The summed E-state index contributed by atoms with van der Waals surface area (Å²) in [5.41, 5.74) is 2.45. The Morgan fingerprint density at radius 1 is 1.27 bits per heavy atom. The van der Waals surface area contributed by atoms with Crippen LogP contribution in [0.2, 0.25) is 0 Å². The number of benzene rings is 1. The van der Waals surface area contributed by atoms with Crippen molar-refractivity contribution >= 4 is 22.8 Å². The Bertz CT molecular complexity index is 895. The quantitative estimate of drug-likeness (QED) is 0.719. The first-order chi connectivity index (χ1) is 12.7. The molecule has 0 N–H and O–H groups in total. The van der Waals surface area contributed by atoms with Crippen molar-refractivity contribution in [2.75, 3.05) is 25.0 Å². The molecule has 134 valence electrons. The second-order valence-corrected chi connectivity index (χ2v) is 6.75. The van der Waals surface area contributed by atoms with E-state index >= 15 is 0 Å². The summed E-state index contributed by atoms with van der Waals surface area (Å²) in [5.74, 6) is 1.11. The number of nitrogens with zero attached hydrogens (tertiary/aromatic N) is 5. The number of aromatic nitrogens is 3. The fraction of sp³-hybridized carbons (Fsp3) is 0.368. The molecule has 1 aromatic carbocycles. The van der Waals surface area contributed by atoms with E-state index in [9.17, 15) is 4.79 Å². The third-order valence-corrected chi connectivity index (χ3v) is 4.86. The zero-order chi connectivity index (χ0) is 17.9. The molecule has 3 aromatic rings. The molecule has 0 saturated carbocycles. The number of amides is 1. The van der Waals surface area contributed by atoms with Crippen molar-refractivity contribution < 1.29 is 9.42 Å². The first-order valence-corrected chi connectivity index (χ1v) is 8.83. The van der Waals surface area contributed by atoms with E-state index < -0.39 is 0 Å². The predicted molar refractivity (Wildman–Crippen MR) is 97.5 cm³/mol. The summed E-state index contributed by atoms with van der Waals surface area (Å²) >= 11 is 0. The van der Waals surface area contributed by atoms with Gasteiger partial charge in [0.2, 0.25) is 5.91 Å². The van der Waals surface area contributed by atoms with Crippen LogP contribution in [-0.2, 0) is 11.3 Å². The number of piperidine rings is 1. The van der Waals surface area contributed by atoms with Crippen LogP contribution < -0.4 is 4.90 Å². The first-order valence-electron chi connectivity index (χ1n) is 8.83. The molecule has 1 atom stereocenters. The molecule has 4 rings (SSSR count). The number of hydrogen-bond donors (Lipinski definition) is 0. The number of pyridine rings is 1. The molecule has 7 nitrogen and oxygen atoms in total. The predicted octanol–water partition coefficient (Wildman–Crippen LogP) is 2.49. The molecule has 0 unspecified atom stereocenters. The molecule has 1 saturated heterocycles. The fourth-order valence-corrected chi connectivity index (χ4v) is 3.52. The topological polar surface area (TPSA) is 75.4 Å². The first kappa shape index (κ1) is 16.5. The number of carbonyl (C=O) groups excluding carboxylic acids is 1. The average Bonchev–Trinajstić information content (AvgIpc) is 3.16. The van der Waals surface area contributed by atoms with Gasteiger partial charge in [-0.3, -0.25) is 4.79 Å². The molecule has 1 fully saturated rings. The van der Waals surface area contributed by atoms with Crippen LogP contribution in [0.3, 0.4) is 0 Å². The van der Waals surface area contributed by atoms with E-state index in [2.05, 4.69) is 20.2 Å². The Morgan fingerprint density at radius 3 is 3.00 bits per heavy atom. The van der Waals surface area contributed by atoms with Crippen LogP contribution in [0.4, 0.5) is 5.82 Å². The molecule has 0 spiro atoms. The van der Waals surface area contributed by atoms with Crippen LogP contribution >= 0.6 is 0 Å². The lowest BCUT2D eigenvalue weighted by Gasteiger charge is -2.34. The summed E-state index contributed by atoms with van der Waals surface area (Å²) in [6.07, 6.45) is 3.71. The summed E-state index contributed by atoms with van der Waals surface area (Å²) < 4.78 is 4.73. The van der Waals surface area contributed by atoms with Gasteiger partial charge >= 0.3 is 0 Å². The van der Waals surface area contributed by atoms with Gasteiger partial charge in [0.05, 0.1) is 5.92 Å². The van der Waals surface area contributed by atoms with E-state index in [0.717, 1.165) is 36.3 Å². The highest BCUT2D eigenvalue weighted by atomic mass is 16.6. The summed E-state index contributed by atoms with van der Waals surface area (Å²) in [4.78, 5) is 21.3. The Morgan fingerprint density at radius 2 is 2.15 bits per heavy atom. The minimum Gasteiger partial charge on any atom is -0.356 e. The van der Waals surface area contributed by atoms with Gasteiger partial charge in [-0.2, -0.15) is 0 Å². The number of hydrogen-bond acceptors (Lipinski definition) is 6. The lowest BCUT2D eigenvalue weighted by Crippen LogP contribution is -2.43. The Labute approximate surface area is 151 Å². The van der Waals surface area contributed by atoms with Crippen molar-refractivity contribution in [3.05, 3.63) is 48.2 Å². The lowest BCUT2D eigenvalue weighted by molar-refractivity contribution is -0.135. The van der Waals surface area contributed by atoms with Gasteiger partial charge in [-0.15, -0.1) is 0 Å². The maximum Gasteiger partial charge on any atom is 0.227 e. The van der Waals surface area contributed by atoms with Crippen molar-refractivity contribution in [3.8, 4) is 0 Å². The van der Waals surface area contributed by atoms with Crippen LogP contribution in [0, 0.1) is 5.92 Å². The molecule has 0 radical (unpaired) electrons. The van der Waals surface area contributed by atoms with Crippen LogP contribution in [-0.4, -0.2) is 46.2 Å². The van der Waals surface area contributed by atoms with Crippen molar-refractivity contribution in [1.29, 1.82) is 0 Å². The van der Waals surface area contributed by atoms with E-state index in [1.54, 1.807) is 11.1 Å². The zero-order valence-electron chi connectivity index (χ0n) is 14.7. The van der Waals surface area contributed by atoms with Crippen LogP contribution in [0.15, 0.2) is 47.2 Å². The summed E-state index contributed by atoms with van der Waals surface area (Å²) in [6, 6.07) is 11.6.